The maximum atomic E-state index is 13.8. The standard InChI is InChI=1S/C28H32ClN3O5S/c1-6-31(7-2)11-8-12-32-27(34)23(15-17-13-21(35-3)25(37-5)22(14-17)36-4)38-28(32)24-19-16-18(29)9-10-20(19)30-26(24)33/h9-10,13-16H,6-8,11-12H2,1-5H3,(H,30,33)/b23-15?,28-24-. The van der Waals surface area contributed by atoms with Gasteiger partial charge in [-0.15, -0.1) is 11.3 Å². The molecule has 0 saturated carbocycles. The number of hydrogen-bond donors (Lipinski definition) is 1. The first-order chi connectivity index (χ1) is 18.3. The summed E-state index contributed by atoms with van der Waals surface area (Å²) in [5.41, 5.74) is 2.38. The van der Waals surface area contributed by atoms with Crippen LogP contribution in [0.25, 0.3) is 11.6 Å². The molecule has 3 aromatic rings. The lowest BCUT2D eigenvalue weighted by atomic mass is 10.1. The average molecular weight is 558 g/mol. The number of halogens is 1. The molecule has 0 fully saturated rings. The molecule has 0 bridgehead atoms. The highest BCUT2D eigenvalue weighted by atomic mass is 35.5. The zero-order chi connectivity index (χ0) is 27.4. The average Bonchev–Trinajstić information content (AvgIpc) is 3.40. The Morgan fingerprint density at radius 3 is 2.32 bits per heavy atom. The lowest BCUT2D eigenvalue weighted by Gasteiger charge is -2.17. The van der Waals surface area contributed by atoms with E-state index in [2.05, 4.69) is 24.1 Å². The number of thiazole rings is 1. The van der Waals surface area contributed by atoms with Crippen LogP contribution in [0.1, 0.15) is 31.4 Å². The van der Waals surface area contributed by atoms with Gasteiger partial charge in [-0.25, -0.2) is 0 Å². The van der Waals surface area contributed by atoms with Gasteiger partial charge in [0.2, 0.25) is 5.75 Å². The summed E-state index contributed by atoms with van der Waals surface area (Å²) in [6.45, 7) is 7.45. The molecule has 4 rings (SSSR count). The van der Waals surface area contributed by atoms with Crippen LogP contribution in [-0.4, -0.2) is 56.3 Å². The Morgan fingerprint density at radius 1 is 1.03 bits per heavy atom. The minimum absolute atomic E-state index is 0.158. The van der Waals surface area contributed by atoms with E-state index in [1.54, 1.807) is 62.3 Å². The molecule has 202 valence electrons. The molecule has 2 aromatic carbocycles. The molecule has 0 aliphatic carbocycles. The number of aromatic nitrogens is 1. The molecule has 10 heteroatoms. The summed E-state index contributed by atoms with van der Waals surface area (Å²) in [6.07, 6.45) is 2.56. The van der Waals surface area contributed by atoms with Crippen LogP contribution in [0.3, 0.4) is 0 Å². The fourth-order valence-electron chi connectivity index (χ4n) is 4.59. The number of rotatable bonds is 10. The molecule has 2 heterocycles. The van der Waals surface area contributed by atoms with Gasteiger partial charge in [-0.05, 0) is 68.0 Å². The van der Waals surface area contributed by atoms with E-state index in [1.807, 2.05) is 0 Å². The van der Waals surface area contributed by atoms with Gasteiger partial charge < -0.3 is 24.4 Å². The Bertz CT molecular complexity index is 1500. The van der Waals surface area contributed by atoms with Gasteiger partial charge in [-0.1, -0.05) is 25.4 Å². The fraction of sp³-hybridized carbons (Fsp3) is 0.357. The summed E-state index contributed by atoms with van der Waals surface area (Å²) in [6, 6.07) is 8.85. The van der Waals surface area contributed by atoms with Crippen LogP contribution in [0.15, 0.2) is 35.1 Å². The number of nitrogens with zero attached hydrogens (tertiary/aromatic N) is 2. The second-order valence-electron chi connectivity index (χ2n) is 8.73. The summed E-state index contributed by atoms with van der Waals surface area (Å²) >= 11 is 7.56. The predicted molar refractivity (Wildman–Crippen MR) is 152 cm³/mol. The van der Waals surface area contributed by atoms with Crippen LogP contribution in [-0.2, 0) is 11.3 Å². The van der Waals surface area contributed by atoms with Crippen LogP contribution < -0.4 is 34.3 Å². The number of carbonyl (C=O) groups is 1. The Morgan fingerprint density at radius 2 is 1.71 bits per heavy atom. The van der Waals surface area contributed by atoms with Crippen LogP contribution >= 0.6 is 22.9 Å². The lowest BCUT2D eigenvalue weighted by molar-refractivity contribution is -0.110. The van der Waals surface area contributed by atoms with Crippen molar-refractivity contribution in [2.24, 2.45) is 0 Å². The van der Waals surface area contributed by atoms with E-state index in [0.717, 1.165) is 26.1 Å². The zero-order valence-electron chi connectivity index (χ0n) is 22.2. The fourth-order valence-corrected chi connectivity index (χ4v) is 5.95. The van der Waals surface area contributed by atoms with Crippen molar-refractivity contribution in [1.29, 1.82) is 0 Å². The SMILES string of the molecule is CCN(CC)CCCn1c(=O)c(=Cc2cc(OC)c(OC)c(OC)c2)s/c1=C1\C(=O)Nc2ccc(Cl)cc21. The molecule has 0 atom stereocenters. The topological polar surface area (TPSA) is 82.0 Å². The first-order valence-electron chi connectivity index (χ1n) is 12.4. The number of ether oxygens (including phenoxy) is 3. The Labute approximate surface area is 230 Å². The number of fused-ring (bicyclic) bond motifs is 1. The van der Waals surface area contributed by atoms with Crippen molar-refractivity contribution in [3.63, 3.8) is 0 Å². The van der Waals surface area contributed by atoms with E-state index in [-0.39, 0.29) is 11.5 Å². The Hall–Kier alpha value is -3.27. The molecule has 0 radical (unpaired) electrons. The van der Waals surface area contributed by atoms with Crippen molar-refractivity contribution < 1.29 is 19.0 Å². The Kier molecular flexibility index (Phi) is 8.81. The lowest BCUT2D eigenvalue weighted by Crippen LogP contribution is -2.34. The van der Waals surface area contributed by atoms with E-state index in [9.17, 15) is 9.59 Å². The molecule has 1 aromatic heterocycles. The van der Waals surface area contributed by atoms with Crippen molar-refractivity contribution in [3.8, 4) is 17.2 Å². The first-order valence-corrected chi connectivity index (χ1v) is 13.6. The van der Waals surface area contributed by atoms with Crippen molar-refractivity contribution >= 4 is 46.2 Å². The van der Waals surface area contributed by atoms with E-state index in [4.69, 9.17) is 25.8 Å². The molecule has 38 heavy (non-hydrogen) atoms. The van der Waals surface area contributed by atoms with Crippen molar-refractivity contribution in [3.05, 3.63) is 66.0 Å². The normalized spacial score (nSPS) is 14.6. The summed E-state index contributed by atoms with van der Waals surface area (Å²) in [5, 5.41) is 3.43. The van der Waals surface area contributed by atoms with E-state index in [0.29, 0.717) is 60.4 Å². The minimum Gasteiger partial charge on any atom is -0.493 e. The summed E-state index contributed by atoms with van der Waals surface area (Å²) < 4.78 is 19.2. The highest BCUT2D eigenvalue weighted by Gasteiger charge is 2.27. The summed E-state index contributed by atoms with van der Waals surface area (Å²) in [5.74, 6) is 1.20. The summed E-state index contributed by atoms with van der Waals surface area (Å²) in [4.78, 5) is 29.2. The van der Waals surface area contributed by atoms with Gasteiger partial charge in [-0.2, -0.15) is 0 Å². The van der Waals surface area contributed by atoms with Crippen LogP contribution in [0.2, 0.25) is 5.02 Å². The van der Waals surface area contributed by atoms with Gasteiger partial charge in [0.25, 0.3) is 11.5 Å². The van der Waals surface area contributed by atoms with Gasteiger partial charge in [0.1, 0.15) is 4.66 Å². The number of benzene rings is 2. The number of carbonyl (C=O) groups excluding carboxylic acids is 1. The van der Waals surface area contributed by atoms with Crippen molar-refractivity contribution in [2.45, 2.75) is 26.8 Å². The van der Waals surface area contributed by atoms with Gasteiger partial charge in [-0.3, -0.25) is 14.2 Å². The zero-order valence-corrected chi connectivity index (χ0v) is 23.8. The van der Waals surface area contributed by atoms with Crippen molar-refractivity contribution in [1.82, 2.24) is 9.47 Å². The number of hydrogen-bond acceptors (Lipinski definition) is 7. The summed E-state index contributed by atoms with van der Waals surface area (Å²) in [7, 11) is 4.64. The van der Waals surface area contributed by atoms with E-state index >= 15 is 0 Å². The third-order valence-corrected chi connectivity index (χ3v) is 7.95. The highest BCUT2D eigenvalue weighted by molar-refractivity contribution is 7.07. The molecular formula is C28H32ClN3O5S. The van der Waals surface area contributed by atoms with E-state index in [1.165, 1.54) is 11.3 Å². The second kappa shape index (κ2) is 12.1. The van der Waals surface area contributed by atoms with Gasteiger partial charge in [0.05, 0.1) is 31.4 Å². The molecule has 1 N–H and O–H groups in total. The van der Waals surface area contributed by atoms with E-state index < -0.39 is 0 Å². The van der Waals surface area contributed by atoms with Crippen LogP contribution in [0.5, 0.6) is 17.2 Å². The first kappa shape index (κ1) is 27.8. The minimum atomic E-state index is -0.250. The Balaban J connectivity index is 1.93. The molecule has 0 spiro atoms. The third kappa shape index (κ3) is 5.45. The van der Waals surface area contributed by atoms with Crippen LogP contribution in [0, 0.1) is 0 Å². The quantitative estimate of drug-likeness (QED) is 0.412. The number of nitrogens with one attached hydrogen (secondary N) is 1. The highest BCUT2D eigenvalue weighted by Crippen LogP contribution is 2.38. The molecule has 8 nitrogen and oxygen atoms in total. The number of anilines is 1. The molecule has 1 amide bonds. The monoisotopic (exact) mass is 557 g/mol. The number of amides is 1. The van der Waals surface area contributed by atoms with Gasteiger partial charge in [0, 0.05) is 22.8 Å². The molecule has 0 saturated heterocycles. The largest absolute Gasteiger partial charge is 0.493 e. The molecule has 0 unspecified atom stereocenters. The maximum absolute atomic E-state index is 13.8. The van der Waals surface area contributed by atoms with Gasteiger partial charge in [0.15, 0.2) is 11.5 Å². The number of methoxy groups -OCH3 is 3. The molecular weight excluding hydrogens is 526 g/mol. The molecule has 1 aliphatic heterocycles. The molecule has 1 aliphatic rings. The maximum Gasteiger partial charge on any atom is 0.269 e. The van der Waals surface area contributed by atoms with Gasteiger partial charge >= 0.3 is 0 Å². The second-order valence-corrected chi connectivity index (χ2v) is 10.2. The van der Waals surface area contributed by atoms with Crippen LogP contribution in [0.4, 0.5) is 5.69 Å². The van der Waals surface area contributed by atoms with Crippen molar-refractivity contribution in [2.75, 3.05) is 46.3 Å². The predicted octanol–water partition coefficient (Wildman–Crippen LogP) is 3.30. The third-order valence-electron chi connectivity index (χ3n) is 6.58. The smallest absolute Gasteiger partial charge is 0.269 e.